The molecular formula is C9H19N. The van der Waals surface area contributed by atoms with Crippen LogP contribution in [-0.4, -0.2) is 6.54 Å². The van der Waals surface area contributed by atoms with Crippen molar-refractivity contribution in [1.82, 2.24) is 0 Å². The zero-order chi connectivity index (χ0) is 7.40. The van der Waals surface area contributed by atoms with Gasteiger partial charge in [0.2, 0.25) is 0 Å². The minimum absolute atomic E-state index is 0.890. The standard InChI is InChI=1S/C9H19N/c1-2-8-4-3-5-9(8)6-7-10/h8-9H,2-7,10H2,1H3/t8-,9?/m0/s1. The van der Waals surface area contributed by atoms with Gasteiger partial charge in [-0.05, 0) is 24.8 Å². The van der Waals surface area contributed by atoms with Crippen molar-refractivity contribution >= 4 is 0 Å². The molecule has 1 saturated carbocycles. The molecule has 2 atom stereocenters. The maximum absolute atomic E-state index is 5.53. The normalized spacial score (nSPS) is 33.0. The van der Waals surface area contributed by atoms with Crippen LogP contribution in [0.25, 0.3) is 0 Å². The first kappa shape index (κ1) is 8.06. The van der Waals surface area contributed by atoms with Crippen LogP contribution in [-0.2, 0) is 0 Å². The lowest BCUT2D eigenvalue weighted by atomic mass is 9.91. The average molecular weight is 141 g/mol. The highest BCUT2D eigenvalue weighted by Gasteiger charge is 2.24. The van der Waals surface area contributed by atoms with E-state index in [1.807, 2.05) is 0 Å². The van der Waals surface area contributed by atoms with E-state index in [9.17, 15) is 0 Å². The van der Waals surface area contributed by atoms with Crippen LogP contribution in [0.1, 0.15) is 39.0 Å². The Morgan fingerprint density at radius 2 is 2.00 bits per heavy atom. The molecule has 1 heteroatoms. The molecule has 1 aliphatic carbocycles. The lowest BCUT2D eigenvalue weighted by molar-refractivity contribution is 0.359. The Hall–Kier alpha value is -0.0400. The molecule has 0 aliphatic heterocycles. The highest BCUT2D eigenvalue weighted by atomic mass is 14.5. The largest absolute Gasteiger partial charge is 0.330 e. The van der Waals surface area contributed by atoms with Crippen molar-refractivity contribution in [2.24, 2.45) is 17.6 Å². The van der Waals surface area contributed by atoms with E-state index in [0.717, 1.165) is 18.4 Å². The Labute approximate surface area is 64.0 Å². The zero-order valence-corrected chi connectivity index (χ0v) is 6.97. The SMILES string of the molecule is CC[C@H]1CCCC1CCN. The van der Waals surface area contributed by atoms with Crippen molar-refractivity contribution in [2.75, 3.05) is 6.54 Å². The highest BCUT2D eigenvalue weighted by Crippen LogP contribution is 2.35. The summed E-state index contributed by atoms with van der Waals surface area (Å²) in [5.41, 5.74) is 5.53. The Bertz CT molecular complexity index is 90.7. The van der Waals surface area contributed by atoms with E-state index in [-0.39, 0.29) is 0 Å². The van der Waals surface area contributed by atoms with Crippen LogP contribution in [0.5, 0.6) is 0 Å². The maximum atomic E-state index is 5.53. The third kappa shape index (κ3) is 1.72. The lowest BCUT2D eigenvalue weighted by Crippen LogP contribution is -2.12. The van der Waals surface area contributed by atoms with Crippen LogP contribution in [0.15, 0.2) is 0 Å². The predicted octanol–water partition coefficient (Wildman–Crippen LogP) is 2.16. The molecule has 0 heterocycles. The van der Waals surface area contributed by atoms with E-state index < -0.39 is 0 Å². The van der Waals surface area contributed by atoms with Gasteiger partial charge < -0.3 is 5.73 Å². The molecule has 0 aromatic rings. The molecule has 0 bridgehead atoms. The molecule has 0 saturated heterocycles. The van der Waals surface area contributed by atoms with E-state index >= 15 is 0 Å². The molecule has 0 aromatic carbocycles. The Balaban J connectivity index is 2.27. The van der Waals surface area contributed by atoms with E-state index in [2.05, 4.69) is 6.92 Å². The molecule has 1 nitrogen and oxygen atoms in total. The van der Waals surface area contributed by atoms with Gasteiger partial charge in [0.05, 0.1) is 0 Å². The Morgan fingerprint density at radius 3 is 2.60 bits per heavy atom. The third-order valence-electron chi connectivity index (χ3n) is 2.88. The predicted molar refractivity (Wildman–Crippen MR) is 44.8 cm³/mol. The van der Waals surface area contributed by atoms with Crippen molar-refractivity contribution in [2.45, 2.75) is 39.0 Å². The molecule has 0 spiro atoms. The minimum atomic E-state index is 0.890. The molecule has 1 rings (SSSR count). The zero-order valence-electron chi connectivity index (χ0n) is 6.97. The van der Waals surface area contributed by atoms with Crippen LogP contribution < -0.4 is 5.73 Å². The molecular weight excluding hydrogens is 122 g/mol. The van der Waals surface area contributed by atoms with Gasteiger partial charge in [-0.1, -0.05) is 32.6 Å². The topological polar surface area (TPSA) is 26.0 Å². The number of hydrogen-bond acceptors (Lipinski definition) is 1. The van der Waals surface area contributed by atoms with Crippen molar-refractivity contribution in [1.29, 1.82) is 0 Å². The van der Waals surface area contributed by atoms with Crippen LogP contribution >= 0.6 is 0 Å². The van der Waals surface area contributed by atoms with Crippen molar-refractivity contribution in [3.05, 3.63) is 0 Å². The van der Waals surface area contributed by atoms with Gasteiger partial charge in [0.15, 0.2) is 0 Å². The van der Waals surface area contributed by atoms with Gasteiger partial charge in [0, 0.05) is 0 Å². The van der Waals surface area contributed by atoms with E-state index in [4.69, 9.17) is 5.73 Å². The van der Waals surface area contributed by atoms with Gasteiger partial charge in [-0.2, -0.15) is 0 Å². The van der Waals surface area contributed by atoms with Gasteiger partial charge in [-0.3, -0.25) is 0 Å². The Morgan fingerprint density at radius 1 is 1.30 bits per heavy atom. The fraction of sp³-hybridized carbons (Fsp3) is 1.00. The quantitative estimate of drug-likeness (QED) is 0.640. The van der Waals surface area contributed by atoms with Crippen molar-refractivity contribution in [3.8, 4) is 0 Å². The fourth-order valence-corrected chi connectivity index (χ4v) is 2.25. The number of nitrogens with two attached hydrogens (primary N) is 1. The maximum Gasteiger partial charge on any atom is -0.00745 e. The Kier molecular flexibility index (Phi) is 3.20. The second-order valence-corrected chi connectivity index (χ2v) is 3.44. The van der Waals surface area contributed by atoms with E-state index in [0.29, 0.717) is 0 Å². The second-order valence-electron chi connectivity index (χ2n) is 3.44. The van der Waals surface area contributed by atoms with Crippen molar-refractivity contribution in [3.63, 3.8) is 0 Å². The third-order valence-corrected chi connectivity index (χ3v) is 2.88. The first-order chi connectivity index (χ1) is 4.88. The van der Waals surface area contributed by atoms with Gasteiger partial charge >= 0.3 is 0 Å². The summed E-state index contributed by atoms with van der Waals surface area (Å²) < 4.78 is 0. The first-order valence-corrected chi connectivity index (χ1v) is 4.58. The molecule has 1 unspecified atom stereocenters. The highest BCUT2D eigenvalue weighted by molar-refractivity contribution is 4.76. The van der Waals surface area contributed by atoms with Gasteiger partial charge in [-0.15, -0.1) is 0 Å². The summed E-state index contributed by atoms with van der Waals surface area (Å²) in [6.07, 6.45) is 6.98. The summed E-state index contributed by atoms with van der Waals surface area (Å²) in [6.45, 7) is 3.20. The fourth-order valence-electron chi connectivity index (χ4n) is 2.25. The summed E-state index contributed by atoms with van der Waals surface area (Å²) in [5, 5.41) is 0. The monoisotopic (exact) mass is 141 g/mol. The molecule has 60 valence electrons. The average Bonchev–Trinajstić information content (AvgIpc) is 2.36. The molecule has 2 N–H and O–H groups in total. The summed E-state index contributed by atoms with van der Waals surface area (Å²) in [6, 6.07) is 0. The molecule has 1 fully saturated rings. The smallest absolute Gasteiger partial charge is 0.00745 e. The second kappa shape index (κ2) is 3.97. The molecule has 0 amide bonds. The van der Waals surface area contributed by atoms with Crippen molar-refractivity contribution < 1.29 is 0 Å². The van der Waals surface area contributed by atoms with Crippen LogP contribution in [0.2, 0.25) is 0 Å². The molecule has 0 radical (unpaired) electrons. The van der Waals surface area contributed by atoms with Crippen LogP contribution in [0, 0.1) is 11.8 Å². The van der Waals surface area contributed by atoms with Crippen LogP contribution in [0.4, 0.5) is 0 Å². The number of hydrogen-bond donors (Lipinski definition) is 1. The summed E-state index contributed by atoms with van der Waals surface area (Å²) in [7, 11) is 0. The van der Waals surface area contributed by atoms with Crippen LogP contribution in [0.3, 0.4) is 0 Å². The summed E-state index contributed by atoms with van der Waals surface area (Å²) in [4.78, 5) is 0. The molecule has 10 heavy (non-hydrogen) atoms. The summed E-state index contributed by atoms with van der Waals surface area (Å²) >= 11 is 0. The molecule has 0 aromatic heterocycles. The van der Waals surface area contributed by atoms with E-state index in [1.165, 1.54) is 32.1 Å². The lowest BCUT2D eigenvalue weighted by Gasteiger charge is -2.15. The van der Waals surface area contributed by atoms with Gasteiger partial charge in [0.25, 0.3) is 0 Å². The number of rotatable bonds is 3. The minimum Gasteiger partial charge on any atom is -0.330 e. The first-order valence-electron chi connectivity index (χ1n) is 4.58. The molecule has 1 aliphatic rings. The summed E-state index contributed by atoms with van der Waals surface area (Å²) in [5.74, 6) is 1.97. The van der Waals surface area contributed by atoms with Gasteiger partial charge in [-0.25, -0.2) is 0 Å². The van der Waals surface area contributed by atoms with E-state index in [1.54, 1.807) is 0 Å². The van der Waals surface area contributed by atoms with Gasteiger partial charge in [0.1, 0.15) is 0 Å².